The molecule has 0 aliphatic carbocycles. The van der Waals surface area contributed by atoms with Gasteiger partial charge in [-0.25, -0.2) is 4.98 Å². The van der Waals surface area contributed by atoms with Crippen LogP contribution in [-0.4, -0.2) is 45.6 Å². The van der Waals surface area contributed by atoms with E-state index in [4.69, 9.17) is 9.72 Å². The number of benzene rings is 2. The van der Waals surface area contributed by atoms with Crippen molar-refractivity contribution < 1.29 is 9.53 Å². The average Bonchev–Trinajstić information content (AvgIpc) is 3.25. The number of nitrogens with zero attached hydrogens (tertiary/aromatic N) is 3. The van der Waals surface area contributed by atoms with Gasteiger partial charge in [0.25, 0.3) is 0 Å². The summed E-state index contributed by atoms with van der Waals surface area (Å²) in [7, 11) is 3.57. The third-order valence-electron chi connectivity index (χ3n) is 5.69. The Morgan fingerprint density at radius 1 is 1.21 bits per heavy atom. The van der Waals surface area contributed by atoms with Gasteiger partial charge in [0.05, 0.1) is 16.7 Å². The fraction of sp³-hybridized carbons (Fsp3) is 0.273. The van der Waals surface area contributed by atoms with Crippen molar-refractivity contribution in [2.75, 3.05) is 20.3 Å². The van der Waals surface area contributed by atoms with Gasteiger partial charge in [0.1, 0.15) is 18.5 Å². The minimum atomic E-state index is -0.267. The summed E-state index contributed by atoms with van der Waals surface area (Å²) in [5.41, 5.74) is 5.41. The van der Waals surface area contributed by atoms with Crippen LogP contribution < -0.4 is 0 Å². The predicted molar refractivity (Wildman–Crippen MR) is 108 cm³/mol. The zero-order valence-corrected chi connectivity index (χ0v) is 16.0. The zero-order chi connectivity index (χ0) is 19.3. The monoisotopic (exact) mass is 374 g/mol. The van der Waals surface area contributed by atoms with Gasteiger partial charge >= 0.3 is 0 Å². The number of aromatic nitrogens is 3. The van der Waals surface area contributed by atoms with E-state index in [0.717, 1.165) is 34.5 Å². The number of H-pyrrole nitrogens is 1. The predicted octanol–water partition coefficient (Wildman–Crippen LogP) is 3.18. The largest absolute Gasteiger partial charge is 0.375 e. The number of rotatable bonds is 3. The van der Waals surface area contributed by atoms with Gasteiger partial charge in [-0.05, 0) is 30.2 Å². The summed E-state index contributed by atoms with van der Waals surface area (Å²) in [6.45, 7) is 0.709. The number of aromatic amines is 1. The van der Waals surface area contributed by atoms with Crippen LogP contribution in [0.15, 0.2) is 48.5 Å². The fourth-order valence-corrected chi connectivity index (χ4v) is 4.39. The highest BCUT2D eigenvalue weighted by molar-refractivity contribution is 5.87. The summed E-state index contributed by atoms with van der Waals surface area (Å²) in [6, 6.07) is 16.1. The maximum atomic E-state index is 12.9. The Morgan fingerprint density at radius 3 is 2.82 bits per heavy atom. The first-order valence-electron chi connectivity index (χ1n) is 9.48. The van der Waals surface area contributed by atoms with Gasteiger partial charge < -0.3 is 19.2 Å². The highest BCUT2D eigenvalue weighted by Gasteiger charge is 2.37. The zero-order valence-electron chi connectivity index (χ0n) is 16.0. The van der Waals surface area contributed by atoms with Crippen molar-refractivity contribution in [3.63, 3.8) is 0 Å². The van der Waals surface area contributed by atoms with Crippen molar-refractivity contribution in [1.29, 1.82) is 0 Å². The molecule has 1 aliphatic rings. The number of carbonyl (C=O) groups excluding carboxylic acids is 1. The van der Waals surface area contributed by atoms with Crippen LogP contribution in [0.5, 0.6) is 0 Å². The summed E-state index contributed by atoms with van der Waals surface area (Å²) < 4.78 is 7.24. The van der Waals surface area contributed by atoms with E-state index >= 15 is 0 Å². The van der Waals surface area contributed by atoms with Crippen molar-refractivity contribution in [2.45, 2.75) is 12.5 Å². The van der Waals surface area contributed by atoms with E-state index in [1.165, 1.54) is 10.9 Å². The summed E-state index contributed by atoms with van der Waals surface area (Å²) >= 11 is 0. The van der Waals surface area contributed by atoms with E-state index in [0.29, 0.717) is 6.54 Å². The third-order valence-corrected chi connectivity index (χ3v) is 5.69. The highest BCUT2D eigenvalue weighted by Crippen LogP contribution is 2.38. The van der Waals surface area contributed by atoms with Crippen LogP contribution in [0.1, 0.15) is 23.1 Å². The van der Waals surface area contributed by atoms with Crippen molar-refractivity contribution >= 4 is 27.8 Å². The maximum absolute atomic E-state index is 12.9. The van der Waals surface area contributed by atoms with Crippen LogP contribution in [0.4, 0.5) is 0 Å². The first kappa shape index (κ1) is 17.0. The number of nitrogens with one attached hydrogen (secondary N) is 1. The number of imidazole rings is 1. The van der Waals surface area contributed by atoms with Gasteiger partial charge in [-0.1, -0.05) is 30.3 Å². The summed E-state index contributed by atoms with van der Waals surface area (Å²) in [5.74, 6) is 0.835. The fourth-order valence-electron chi connectivity index (χ4n) is 4.39. The number of para-hydroxylation sites is 3. The highest BCUT2D eigenvalue weighted by atomic mass is 16.5. The molecule has 1 amide bonds. The van der Waals surface area contributed by atoms with Gasteiger partial charge in [-0.3, -0.25) is 4.79 Å². The van der Waals surface area contributed by atoms with Crippen LogP contribution in [0, 0.1) is 0 Å². The van der Waals surface area contributed by atoms with E-state index in [-0.39, 0.29) is 18.6 Å². The molecule has 1 aliphatic heterocycles. The van der Waals surface area contributed by atoms with Crippen LogP contribution in [0.25, 0.3) is 21.9 Å². The molecule has 0 radical (unpaired) electrons. The molecule has 1 N–H and O–H groups in total. The number of methoxy groups -OCH3 is 1. The number of ether oxygens (including phenoxy) is 1. The summed E-state index contributed by atoms with van der Waals surface area (Å²) in [4.78, 5) is 23.3. The minimum Gasteiger partial charge on any atom is -0.375 e. The molecule has 0 fully saturated rings. The quantitative estimate of drug-likeness (QED) is 0.599. The Morgan fingerprint density at radius 2 is 2.00 bits per heavy atom. The SMILES string of the molecule is COCC(=O)N1CCc2c([nH]c3ccccc23)[C@H]1c1nc2ccccc2n1C. The Kier molecular flexibility index (Phi) is 3.94. The molecular formula is C22H22N4O2. The molecule has 0 saturated carbocycles. The Balaban J connectivity index is 1.74. The summed E-state index contributed by atoms with van der Waals surface area (Å²) in [5, 5.41) is 1.22. The van der Waals surface area contributed by atoms with Crippen molar-refractivity contribution in [3.05, 3.63) is 65.6 Å². The van der Waals surface area contributed by atoms with Crippen LogP contribution in [0.3, 0.4) is 0 Å². The topological polar surface area (TPSA) is 63.1 Å². The second-order valence-corrected chi connectivity index (χ2v) is 7.25. The second-order valence-electron chi connectivity index (χ2n) is 7.25. The van der Waals surface area contributed by atoms with E-state index < -0.39 is 0 Å². The van der Waals surface area contributed by atoms with Crippen LogP contribution >= 0.6 is 0 Å². The van der Waals surface area contributed by atoms with Crippen molar-refractivity contribution in [2.24, 2.45) is 7.05 Å². The van der Waals surface area contributed by atoms with Gasteiger partial charge in [-0.15, -0.1) is 0 Å². The maximum Gasteiger partial charge on any atom is 0.249 e. The van der Waals surface area contributed by atoms with E-state index in [9.17, 15) is 4.79 Å². The van der Waals surface area contributed by atoms with Crippen LogP contribution in [-0.2, 0) is 23.0 Å². The number of amides is 1. The third kappa shape index (κ3) is 2.45. The molecule has 6 nitrogen and oxygen atoms in total. The molecule has 4 aromatic rings. The minimum absolute atomic E-state index is 0.0242. The second kappa shape index (κ2) is 6.49. The Bertz CT molecular complexity index is 1190. The molecule has 3 heterocycles. The molecule has 0 bridgehead atoms. The number of hydrogen-bond acceptors (Lipinski definition) is 3. The van der Waals surface area contributed by atoms with Gasteiger partial charge in [0.2, 0.25) is 5.91 Å². The van der Waals surface area contributed by atoms with Crippen LogP contribution in [0.2, 0.25) is 0 Å². The molecule has 6 heteroatoms. The Hall–Kier alpha value is -3.12. The van der Waals surface area contributed by atoms with Crippen molar-refractivity contribution in [3.8, 4) is 0 Å². The molecule has 0 spiro atoms. The molecule has 0 unspecified atom stereocenters. The van der Waals surface area contributed by atoms with Gasteiger partial charge in [0.15, 0.2) is 0 Å². The standard InChI is InChI=1S/C22H22N4O2/c1-25-18-10-6-5-9-17(18)24-22(25)21-20-15(11-12-26(21)19(27)13-28-2)14-7-3-4-8-16(14)23-20/h3-10,21,23H,11-13H2,1-2H3/t21-/m0/s1. The van der Waals surface area contributed by atoms with E-state index in [1.807, 2.05) is 36.2 Å². The molecule has 5 rings (SSSR count). The lowest BCUT2D eigenvalue weighted by Gasteiger charge is -2.35. The lowest BCUT2D eigenvalue weighted by molar-refractivity contribution is -0.137. The average molecular weight is 374 g/mol. The number of hydrogen-bond donors (Lipinski definition) is 1. The van der Waals surface area contributed by atoms with Gasteiger partial charge in [-0.2, -0.15) is 0 Å². The lowest BCUT2D eigenvalue weighted by Crippen LogP contribution is -2.43. The number of carbonyl (C=O) groups is 1. The van der Waals surface area contributed by atoms with E-state index in [2.05, 4.69) is 33.8 Å². The lowest BCUT2D eigenvalue weighted by atomic mass is 9.96. The van der Waals surface area contributed by atoms with Gasteiger partial charge in [0, 0.05) is 31.6 Å². The molecule has 28 heavy (non-hydrogen) atoms. The molecule has 1 atom stereocenters. The molecule has 2 aromatic carbocycles. The van der Waals surface area contributed by atoms with E-state index in [1.54, 1.807) is 7.11 Å². The number of fused-ring (bicyclic) bond motifs is 4. The smallest absolute Gasteiger partial charge is 0.249 e. The normalized spacial score (nSPS) is 16.6. The first-order valence-corrected chi connectivity index (χ1v) is 9.48. The molecule has 142 valence electrons. The Labute approximate surface area is 162 Å². The molecular weight excluding hydrogens is 352 g/mol. The first-order chi connectivity index (χ1) is 13.7. The molecule has 0 saturated heterocycles. The molecule has 2 aromatic heterocycles. The summed E-state index contributed by atoms with van der Waals surface area (Å²) in [6.07, 6.45) is 0.815. The number of aryl methyl sites for hydroxylation is 1. The van der Waals surface area contributed by atoms with Crippen molar-refractivity contribution in [1.82, 2.24) is 19.4 Å².